The van der Waals surface area contributed by atoms with Gasteiger partial charge in [0, 0.05) is 19.2 Å². The van der Waals surface area contributed by atoms with Gasteiger partial charge in [-0.3, -0.25) is 13.9 Å². The third kappa shape index (κ3) is 9.37. The molecule has 45 heavy (non-hydrogen) atoms. The molecule has 2 amide bonds. The van der Waals surface area contributed by atoms with E-state index in [0.717, 1.165) is 22.7 Å². The zero-order chi connectivity index (χ0) is 32.8. The molecule has 244 valence electrons. The first-order valence-electron chi connectivity index (χ1n) is 15.3. The first kappa shape index (κ1) is 35.2. The number of unbranched alkanes of at least 4 members (excludes halogenated alkanes) is 1. The number of benzene rings is 3. The minimum absolute atomic E-state index is 0.0815. The van der Waals surface area contributed by atoms with Gasteiger partial charge in [0.05, 0.1) is 31.4 Å². The molecule has 0 heterocycles. The smallest absolute Gasteiger partial charge is 0.264 e. The lowest BCUT2D eigenvalue weighted by Crippen LogP contribution is -2.53. The van der Waals surface area contributed by atoms with E-state index in [9.17, 15) is 18.0 Å². The first-order chi connectivity index (χ1) is 21.7. The fourth-order valence-corrected chi connectivity index (χ4v) is 6.34. The number of hydrogen-bond acceptors (Lipinski definition) is 7. The summed E-state index contributed by atoms with van der Waals surface area (Å²) in [6.45, 7) is 6.38. The van der Waals surface area contributed by atoms with E-state index >= 15 is 0 Å². The van der Waals surface area contributed by atoms with Crippen LogP contribution in [0.4, 0.5) is 5.69 Å². The van der Waals surface area contributed by atoms with E-state index in [-0.39, 0.29) is 28.8 Å². The number of nitrogens with one attached hydrogen (secondary N) is 1. The summed E-state index contributed by atoms with van der Waals surface area (Å²) in [7, 11) is -1.41. The highest BCUT2D eigenvalue weighted by Gasteiger charge is 2.34. The zero-order valence-corrected chi connectivity index (χ0v) is 27.6. The molecule has 0 fully saturated rings. The normalized spacial score (nSPS) is 11.8. The Morgan fingerprint density at radius 2 is 1.58 bits per heavy atom. The monoisotopic (exact) mass is 639 g/mol. The van der Waals surface area contributed by atoms with Crippen molar-refractivity contribution in [3.8, 4) is 17.2 Å². The largest absolute Gasteiger partial charge is 0.494 e. The zero-order valence-electron chi connectivity index (χ0n) is 26.8. The lowest BCUT2D eigenvalue weighted by Gasteiger charge is -2.33. The van der Waals surface area contributed by atoms with Gasteiger partial charge < -0.3 is 24.4 Å². The second-order valence-electron chi connectivity index (χ2n) is 10.3. The average molecular weight is 640 g/mol. The van der Waals surface area contributed by atoms with Gasteiger partial charge in [-0.25, -0.2) is 8.42 Å². The molecular weight excluding hydrogens is 594 g/mol. The molecule has 3 aromatic rings. The number of ether oxygens (including phenoxy) is 3. The summed E-state index contributed by atoms with van der Waals surface area (Å²) >= 11 is 0. The number of anilines is 1. The Bertz CT molecular complexity index is 1480. The predicted molar refractivity (Wildman–Crippen MR) is 176 cm³/mol. The average Bonchev–Trinajstić information content (AvgIpc) is 3.06. The quantitative estimate of drug-likeness (QED) is 0.194. The van der Waals surface area contributed by atoms with Crippen molar-refractivity contribution < 1.29 is 32.2 Å². The van der Waals surface area contributed by atoms with E-state index in [1.165, 1.54) is 37.3 Å². The molecule has 1 unspecified atom stereocenters. The lowest BCUT2D eigenvalue weighted by atomic mass is 10.1. The van der Waals surface area contributed by atoms with E-state index < -0.39 is 28.5 Å². The number of methoxy groups -OCH3 is 2. The highest BCUT2D eigenvalue weighted by Crippen LogP contribution is 2.33. The third-order valence-corrected chi connectivity index (χ3v) is 9.13. The number of sulfonamides is 1. The molecule has 1 N–H and O–H groups in total. The van der Waals surface area contributed by atoms with Gasteiger partial charge in [-0.1, -0.05) is 50.6 Å². The maximum absolute atomic E-state index is 14.2. The van der Waals surface area contributed by atoms with Crippen molar-refractivity contribution in [3.63, 3.8) is 0 Å². The van der Waals surface area contributed by atoms with Crippen LogP contribution >= 0.6 is 0 Å². The van der Waals surface area contributed by atoms with Crippen LogP contribution < -0.4 is 23.8 Å². The van der Waals surface area contributed by atoms with Crippen molar-refractivity contribution in [2.75, 3.05) is 44.8 Å². The number of carbonyl (C=O) groups excluding carboxylic acids is 2. The standard InChI is InChI=1S/C34H45N3O7S/c1-6-9-22-35-34(39)30(7-2)36(23-21-26-13-11-10-12-14-26)33(38)25-37(27-15-17-28(18-16-27)44-8-3)45(40,41)29-19-20-31(42-4)32(24-29)43-5/h10-20,24,30H,6-9,21-23,25H2,1-5H3,(H,35,39). The second kappa shape index (κ2) is 17.3. The number of rotatable bonds is 18. The van der Waals surface area contributed by atoms with Gasteiger partial charge in [0.1, 0.15) is 18.3 Å². The van der Waals surface area contributed by atoms with Gasteiger partial charge in [0.15, 0.2) is 11.5 Å². The molecule has 1 atom stereocenters. The summed E-state index contributed by atoms with van der Waals surface area (Å²) in [6, 6.07) is 19.7. The Labute approximate surface area is 267 Å². The van der Waals surface area contributed by atoms with Crippen molar-refractivity contribution in [2.45, 2.75) is 57.4 Å². The maximum Gasteiger partial charge on any atom is 0.264 e. The van der Waals surface area contributed by atoms with Crippen LogP contribution in [0, 0.1) is 0 Å². The Morgan fingerprint density at radius 1 is 0.889 bits per heavy atom. The highest BCUT2D eigenvalue weighted by atomic mass is 32.2. The van der Waals surface area contributed by atoms with Crippen LogP contribution in [0.3, 0.4) is 0 Å². The van der Waals surface area contributed by atoms with Crippen LogP contribution in [0.15, 0.2) is 77.7 Å². The van der Waals surface area contributed by atoms with E-state index in [4.69, 9.17) is 14.2 Å². The van der Waals surface area contributed by atoms with Crippen molar-refractivity contribution >= 4 is 27.5 Å². The number of hydrogen-bond donors (Lipinski definition) is 1. The molecule has 3 rings (SSSR count). The Kier molecular flexibility index (Phi) is 13.5. The summed E-state index contributed by atoms with van der Waals surface area (Å²) < 4.78 is 45.8. The number of carbonyl (C=O) groups is 2. The SMILES string of the molecule is CCCCNC(=O)C(CC)N(CCc1ccccc1)C(=O)CN(c1ccc(OCC)cc1)S(=O)(=O)c1ccc(OC)c(OC)c1. The van der Waals surface area contributed by atoms with Crippen LogP contribution in [-0.4, -0.2) is 71.6 Å². The highest BCUT2D eigenvalue weighted by molar-refractivity contribution is 7.92. The van der Waals surface area contributed by atoms with Crippen molar-refractivity contribution in [3.05, 3.63) is 78.4 Å². The maximum atomic E-state index is 14.2. The van der Waals surface area contributed by atoms with Crippen molar-refractivity contribution in [1.29, 1.82) is 0 Å². The van der Waals surface area contributed by atoms with Crippen LogP contribution in [0.25, 0.3) is 0 Å². The molecule has 0 radical (unpaired) electrons. The molecule has 0 bridgehead atoms. The first-order valence-corrected chi connectivity index (χ1v) is 16.7. The van der Waals surface area contributed by atoms with Gasteiger partial charge >= 0.3 is 0 Å². The van der Waals surface area contributed by atoms with E-state index in [1.54, 1.807) is 24.3 Å². The summed E-state index contributed by atoms with van der Waals surface area (Å²) in [5.41, 5.74) is 1.27. The Hall–Kier alpha value is -4.25. The molecule has 0 spiro atoms. The lowest BCUT2D eigenvalue weighted by molar-refractivity contribution is -0.139. The number of amides is 2. The topological polar surface area (TPSA) is 114 Å². The summed E-state index contributed by atoms with van der Waals surface area (Å²) in [5.74, 6) is 0.405. The van der Waals surface area contributed by atoms with Gasteiger partial charge in [0.25, 0.3) is 10.0 Å². The van der Waals surface area contributed by atoms with Crippen LogP contribution in [-0.2, 0) is 26.0 Å². The summed E-state index contributed by atoms with van der Waals surface area (Å²) in [4.78, 5) is 29.0. The molecule has 0 aliphatic heterocycles. The fourth-order valence-electron chi connectivity index (χ4n) is 4.91. The van der Waals surface area contributed by atoms with Gasteiger partial charge in [-0.15, -0.1) is 0 Å². The predicted octanol–water partition coefficient (Wildman–Crippen LogP) is 5.06. The molecule has 11 heteroatoms. The van der Waals surface area contributed by atoms with E-state index in [2.05, 4.69) is 5.32 Å². The Balaban J connectivity index is 2.04. The minimum atomic E-state index is -4.29. The molecule has 3 aromatic carbocycles. The summed E-state index contributed by atoms with van der Waals surface area (Å²) in [6.07, 6.45) is 2.59. The third-order valence-electron chi connectivity index (χ3n) is 7.36. The molecule has 0 aromatic heterocycles. The molecule has 0 aliphatic rings. The van der Waals surface area contributed by atoms with Gasteiger partial charge in [0.2, 0.25) is 11.8 Å². The second-order valence-corrected chi connectivity index (χ2v) is 12.2. The molecular formula is C34H45N3O7S. The fraction of sp³-hybridized carbons (Fsp3) is 0.412. The van der Waals surface area contributed by atoms with Crippen molar-refractivity contribution in [1.82, 2.24) is 10.2 Å². The molecule has 0 saturated heterocycles. The van der Waals surface area contributed by atoms with Crippen LogP contribution in [0.1, 0.15) is 45.6 Å². The Morgan fingerprint density at radius 3 is 2.18 bits per heavy atom. The van der Waals surface area contributed by atoms with E-state index in [0.29, 0.717) is 37.5 Å². The minimum Gasteiger partial charge on any atom is -0.494 e. The molecule has 0 saturated carbocycles. The van der Waals surface area contributed by atoms with Crippen LogP contribution in [0.5, 0.6) is 17.2 Å². The number of nitrogens with zero attached hydrogens (tertiary/aromatic N) is 2. The van der Waals surface area contributed by atoms with Crippen LogP contribution in [0.2, 0.25) is 0 Å². The summed E-state index contributed by atoms with van der Waals surface area (Å²) in [5, 5.41) is 2.95. The molecule has 10 nitrogen and oxygen atoms in total. The van der Waals surface area contributed by atoms with Gasteiger partial charge in [-0.05, 0) is 68.1 Å². The van der Waals surface area contributed by atoms with E-state index in [1.807, 2.05) is 51.1 Å². The molecule has 0 aliphatic carbocycles. The van der Waals surface area contributed by atoms with Crippen molar-refractivity contribution in [2.24, 2.45) is 0 Å². The van der Waals surface area contributed by atoms with Gasteiger partial charge in [-0.2, -0.15) is 0 Å².